The Labute approximate surface area is 174 Å². The van der Waals surface area contributed by atoms with Crippen molar-refractivity contribution in [2.75, 3.05) is 4.43 Å². The average molecular weight is 512 g/mol. The molecule has 0 bridgehead atoms. The van der Waals surface area contributed by atoms with Gasteiger partial charge in [-0.2, -0.15) is 0 Å². The predicted octanol–water partition coefficient (Wildman–Crippen LogP) is 5.43. The summed E-state index contributed by atoms with van der Waals surface area (Å²) in [7, 11) is 0. The topological polar surface area (TPSA) is 55.8 Å². The van der Waals surface area contributed by atoms with Gasteiger partial charge < -0.3 is 0 Å². The van der Waals surface area contributed by atoms with Crippen LogP contribution >= 0.6 is 20.2 Å². The molecule has 7 heteroatoms. The zero-order valence-corrected chi connectivity index (χ0v) is 18.0. The van der Waals surface area contributed by atoms with E-state index in [9.17, 15) is 18.7 Å². The summed E-state index contributed by atoms with van der Waals surface area (Å²) in [6, 6.07) is 6.50. The summed E-state index contributed by atoms with van der Waals surface area (Å²) in [6.45, 7) is 3.64. The summed E-state index contributed by atoms with van der Waals surface area (Å²) < 4.78 is 40.1. The fourth-order valence-electron chi connectivity index (χ4n) is 4.40. The molecule has 2 fully saturated rings. The van der Waals surface area contributed by atoms with Gasteiger partial charge in [0.1, 0.15) is 5.82 Å². The Hall–Kier alpha value is -2.00. The van der Waals surface area contributed by atoms with Crippen LogP contribution in [0, 0.1) is 31.4 Å². The molecule has 1 aliphatic carbocycles. The molecule has 2 aliphatic heterocycles. The first-order valence-corrected chi connectivity index (χ1v) is 13.0. The van der Waals surface area contributed by atoms with E-state index >= 15 is 0 Å². The van der Waals surface area contributed by atoms with Gasteiger partial charge in [0.15, 0.2) is 0 Å². The Balaban J connectivity index is 1.50. The molecule has 1 N–H and O–H groups in total. The maximum absolute atomic E-state index is 13.9. The molecule has 0 radical (unpaired) electrons. The molecule has 3 aliphatic rings. The summed E-state index contributed by atoms with van der Waals surface area (Å²) in [5.74, 6) is -1.33. The van der Waals surface area contributed by atoms with E-state index in [4.69, 9.17) is 7.80 Å². The van der Waals surface area contributed by atoms with E-state index in [0.29, 0.717) is 20.8 Å². The Bertz CT molecular complexity index is 1060. The van der Waals surface area contributed by atoms with Crippen molar-refractivity contribution < 1.29 is 26.5 Å². The van der Waals surface area contributed by atoms with Gasteiger partial charge >= 0.3 is 164 Å². The number of hydrogen-bond donors (Lipinski definition) is 1. The Morgan fingerprint density at radius 3 is 2.52 bits per heavy atom. The Kier molecular flexibility index (Phi) is 4.43. The minimum absolute atomic E-state index is 0.0819. The number of ketones is 1. The summed E-state index contributed by atoms with van der Waals surface area (Å²) in [5, 5.41) is 10.9. The molecular formula is C22H19F2IO4. The van der Waals surface area contributed by atoms with Gasteiger partial charge in [0, 0.05) is 0 Å². The van der Waals surface area contributed by atoms with Crippen molar-refractivity contribution in [3.8, 4) is 11.5 Å². The van der Waals surface area contributed by atoms with E-state index < -0.39 is 38.0 Å². The van der Waals surface area contributed by atoms with Crippen molar-refractivity contribution in [2.45, 2.75) is 30.3 Å². The third-order valence-electron chi connectivity index (χ3n) is 5.76. The van der Waals surface area contributed by atoms with Gasteiger partial charge in [-0.25, -0.2) is 4.39 Å². The molecule has 2 saturated heterocycles. The number of rotatable bonds is 3. The first kappa shape index (κ1) is 19.0. The van der Waals surface area contributed by atoms with Crippen LogP contribution in [-0.4, -0.2) is 25.3 Å². The molecule has 2 heterocycles. The number of benzene rings is 2. The number of Topliss-reactive ketones (excluding diaryl/α,β-unsaturated/α-hetero) is 1. The van der Waals surface area contributed by atoms with Crippen LogP contribution in [0.4, 0.5) is 8.78 Å². The second-order valence-corrected chi connectivity index (χ2v) is 12.8. The van der Waals surface area contributed by atoms with Gasteiger partial charge in [0.2, 0.25) is 0 Å². The number of carbonyl (C=O) groups excluding carboxylic acids is 1. The second kappa shape index (κ2) is 6.77. The van der Waals surface area contributed by atoms with Crippen molar-refractivity contribution in [3.63, 3.8) is 0 Å². The molecule has 0 spiro atoms. The van der Waals surface area contributed by atoms with Gasteiger partial charge in [0.05, 0.1) is 0 Å². The van der Waals surface area contributed by atoms with Gasteiger partial charge in [0.25, 0.3) is 0 Å². The monoisotopic (exact) mass is 512 g/mol. The molecule has 1 unspecified atom stereocenters. The number of ether oxygens (including phenoxy) is 1. The fourth-order valence-corrected chi connectivity index (χ4v) is 9.72. The number of aryl methyl sites for hydroxylation is 2. The zero-order chi connectivity index (χ0) is 20.4. The van der Waals surface area contributed by atoms with Crippen molar-refractivity contribution in [1.82, 2.24) is 0 Å². The summed E-state index contributed by atoms with van der Waals surface area (Å²) in [6.07, 6.45) is 0.510. The third kappa shape index (κ3) is 2.89. The van der Waals surface area contributed by atoms with Crippen molar-refractivity contribution in [1.29, 1.82) is 0 Å². The van der Waals surface area contributed by atoms with Crippen LogP contribution in [0.3, 0.4) is 0 Å². The number of carbonyl (C=O) groups is 1. The van der Waals surface area contributed by atoms with Gasteiger partial charge in [-0.3, -0.25) is 0 Å². The van der Waals surface area contributed by atoms with E-state index in [0.717, 1.165) is 34.1 Å². The predicted molar refractivity (Wildman–Crippen MR) is 113 cm³/mol. The molecular weight excluding hydrogens is 493 g/mol. The first-order chi connectivity index (χ1) is 13.8. The summed E-state index contributed by atoms with van der Waals surface area (Å²) in [5.41, 5.74) is 2.50. The molecule has 152 valence electrons. The number of alkyl halides is 2. The number of aliphatic hydroxyl groups is 1. The molecule has 5 rings (SSSR count). The normalized spacial score (nSPS) is 26.4. The van der Waals surface area contributed by atoms with Gasteiger partial charge in [-0.1, -0.05) is 0 Å². The maximum atomic E-state index is 13.9. The Morgan fingerprint density at radius 1 is 1.17 bits per heavy atom. The van der Waals surface area contributed by atoms with Gasteiger partial charge in [-0.05, 0) is 0 Å². The number of fused-ring (bicyclic) bond motifs is 3. The van der Waals surface area contributed by atoms with Crippen LogP contribution in [-0.2, 0) is 7.86 Å². The quantitative estimate of drug-likeness (QED) is 0.440. The van der Waals surface area contributed by atoms with E-state index in [-0.39, 0.29) is 23.2 Å². The van der Waals surface area contributed by atoms with Crippen molar-refractivity contribution in [3.05, 3.63) is 64.4 Å². The Morgan fingerprint density at radius 2 is 1.90 bits per heavy atom. The molecule has 29 heavy (non-hydrogen) atoms. The minimum atomic E-state index is -1.50. The van der Waals surface area contributed by atoms with E-state index in [1.807, 2.05) is 13.8 Å². The molecule has 2 aromatic carbocycles. The van der Waals surface area contributed by atoms with Crippen LogP contribution in [0.25, 0.3) is 5.57 Å². The number of hydrogen-bond acceptors (Lipinski definition) is 4. The molecule has 0 saturated carbocycles. The first-order valence-electron chi connectivity index (χ1n) is 9.38. The van der Waals surface area contributed by atoms with Crippen LogP contribution in [0.2, 0.25) is 0 Å². The molecule has 0 aromatic heterocycles. The van der Waals surface area contributed by atoms with Crippen LogP contribution in [0.5, 0.6) is 11.5 Å². The van der Waals surface area contributed by atoms with Crippen LogP contribution < -0.4 is 4.74 Å². The number of aliphatic hydroxyl groups excluding tert-OH is 1. The van der Waals surface area contributed by atoms with Crippen LogP contribution in [0.1, 0.15) is 23.1 Å². The van der Waals surface area contributed by atoms with E-state index in [1.54, 1.807) is 12.1 Å². The van der Waals surface area contributed by atoms with Gasteiger partial charge in [-0.15, -0.1) is 0 Å². The zero-order valence-electron chi connectivity index (χ0n) is 15.8. The van der Waals surface area contributed by atoms with Crippen LogP contribution in [0.15, 0.2) is 36.1 Å². The van der Waals surface area contributed by atoms with E-state index in [1.165, 1.54) is 6.07 Å². The molecule has 4 nitrogen and oxygen atoms in total. The van der Waals surface area contributed by atoms with Crippen molar-refractivity contribution in [2.24, 2.45) is 5.92 Å². The number of halogens is 3. The fraction of sp³-hybridized carbons (Fsp3) is 0.318. The SMILES string of the molecule is Cc1cc(Oc2ccc(F)cc2F)cc(C)c1C1=C(O)[C@@H]2C3CCI3O[C@@H]2C1=O. The standard InChI is InChI=1S/C22H19F2IO4/c1-10-7-13(28-16-4-3-12(23)9-14(16)24)8-11(2)17(10)19-20(26)18-15-5-6-25(15)29-22(18)21(19)27/h3-4,7-9,15,18,22,26H,5-6H2,1-2H3/t15?,18-,22-/m0/s1. The van der Waals surface area contributed by atoms with E-state index in [2.05, 4.69) is 0 Å². The molecule has 2 aromatic rings. The second-order valence-electron chi connectivity index (χ2n) is 7.61. The summed E-state index contributed by atoms with van der Waals surface area (Å²) in [4.78, 5) is 13.0. The van der Waals surface area contributed by atoms with Crippen molar-refractivity contribution >= 4 is 31.6 Å². The molecule has 0 amide bonds. The molecule has 3 atom stereocenters. The third-order valence-corrected chi connectivity index (χ3v) is 11.8. The average Bonchev–Trinajstić information content (AvgIpc) is 3.02. The summed E-state index contributed by atoms with van der Waals surface area (Å²) >= 11 is -1.50.